The molecule has 0 aliphatic heterocycles. The van der Waals surface area contributed by atoms with Crippen molar-refractivity contribution >= 4 is 11.8 Å². The fourth-order valence-electron chi connectivity index (χ4n) is 2.17. The van der Waals surface area contributed by atoms with Crippen molar-refractivity contribution in [3.8, 4) is 11.5 Å². The van der Waals surface area contributed by atoms with E-state index in [1.807, 2.05) is 60.1 Å². The van der Waals surface area contributed by atoms with Gasteiger partial charge in [-0.3, -0.25) is 0 Å². The van der Waals surface area contributed by atoms with Gasteiger partial charge in [-0.1, -0.05) is 42.1 Å². The molecule has 0 aliphatic carbocycles. The smallest absolute Gasteiger partial charge is 0.191 e. The van der Waals surface area contributed by atoms with Crippen LogP contribution in [0.15, 0.2) is 59.8 Å². The maximum absolute atomic E-state index is 5.73. The van der Waals surface area contributed by atoms with E-state index in [9.17, 15) is 0 Å². The first-order valence-electron chi connectivity index (χ1n) is 7.58. The Morgan fingerprint density at radius 2 is 1.79 bits per heavy atom. The molecule has 0 radical (unpaired) electrons. The van der Waals surface area contributed by atoms with Crippen LogP contribution in [-0.2, 0) is 19.4 Å². The highest BCUT2D eigenvalue weighted by atomic mass is 32.2. The van der Waals surface area contributed by atoms with Crippen LogP contribution in [0.3, 0.4) is 0 Å². The minimum atomic E-state index is 0.396. The van der Waals surface area contributed by atoms with E-state index in [-0.39, 0.29) is 0 Å². The molecule has 0 amide bonds. The predicted molar refractivity (Wildman–Crippen MR) is 94.3 cm³/mol. The van der Waals surface area contributed by atoms with Crippen molar-refractivity contribution in [2.75, 3.05) is 7.11 Å². The topological polar surface area (TPSA) is 49.2 Å². The first-order chi connectivity index (χ1) is 11.8. The second kappa shape index (κ2) is 7.88. The fourth-order valence-corrected chi connectivity index (χ4v) is 3.04. The van der Waals surface area contributed by atoms with Crippen LogP contribution in [0.25, 0.3) is 0 Å². The third-order valence-electron chi connectivity index (χ3n) is 3.54. The molecule has 3 aromatic rings. The van der Waals surface area contributed by atoms with Crippen LogP contribution >= 0.6 is 11.8 Å². The zero-order valence-electron chi connectivity index (χ0n) is 13.7. The first kappa shape index (κ1) is 16.4. The van der Waals surface area contributed by atoms with Crippen LogP contribution in [0.2, 0.25) is 0 Å². The summed E-state index contributed by atoms with van der Waals surface area (Å²) in [7, 11) is 3.63. The normalized spacial score (nSPS) is 10.6. The first-order valence-corrected chi connectivity index (χ1v) is 8.56. The molecule has 5 nitrogen and oxygen atoms in total. The van der Waals surface area contributed by atoms with Gasteiger partial charge in [0.15, 0.2) is 11.0 Å². The number of para-hydroxylation sites is 1. The minimum absolute atomic E-state index is 0.396. The molecule has 0 unspecified atom stereocenters. The molecule has 0 N–H and O–H groups in total. The number of nitrogens with zero attached hydrogens (tertiary/aromatic N) is 3. The number of thioether (sulfide) groups is 1. The predicted octanol–water partition coefficient (Wildman–Crippen LogP) is 3.70. The molecule has 0 bridgehead atoms. The van der Waals surface area contributed by atoms with E-state index < -0.39 is 0 Å². The summed E-state index contributed by atoms with van der Waals surface area (Å²) in [4.78, 5) is 0. The highest BCUT2D eigenvalue weighted by Crippen LogP contribution is 2.23. The summed E-state index contributed by atoms with van der Waals surface area (Å²) in [6.45, 7) is 0.396. The fraction of sp³-hybridized carbons (Fsp3) is 0.222. The summed E-state index contributed by atoms with van der Waals surface area (Å²) < 4.78 is 12.9. The van der Waals surface area contributed by atoms with Crippen LogP contribution in [0.1, 0.15) is 11.4 Å². The van der Waals surface area contributed by atoms with Gasteiger partial charge in [0.2, 0.25) is 0 Å². The molecule has 0 saturated carbocycles. The number of hydrogen-bond donors (Lipinski definition) is 0. The summed E-state index contributed by atoms with van der Waals surface area (Å²) >= 11 is 1.64. The van der Waals surface area contributed by atoms with Gasteiger partial charge in [-0.25, -0.2) is 0 Å². The zero-order chi connectivity index (χ0) is 16.8. The molecular formula is C18H19N3O2S. The Morgan fingerprint density at radius 1 is 1.00 bits per heavy atom. The van der Waals surface area contributed by atoms with Crippen LogP contribution in [0.5, 0.6) is 11.5 Å². The van der Waals surface area contributed by atoms with E-state index in [0.717, 1.165) is 28.2 Å². The number of rotatable bonds is 7. The standard InChI is InChI=1S/C18H19N3O2S/c1-21-17(12-23-15-8-4-3-5-9-15)19-20-18(21)24-13-14-7-6-10-16(11-14)22-2/h3-11H,12-13H2,1-2H3. The maximum Gasteiger partial charge on any atom is 0.191 e. The third-order valence-corrected chi connectivity index (χ3v) is 4.63. The Kier molecular flexibility index (Phi) is 5.38. The molecule has 2 aromatic carbocycles. The number of benzene rings is 2. The lowest BCUT2D eigenvalue weighted by Crippen LogP contribution is -2.04. The molecule has 0 fully saturated rings. The SMILES string of the molecule is COc1cccc(CSc2nnc(COc3ccccc3)n2C)c1. The summed E-state index contributed by atoms with van der Waals surface area (Å²) in [6.07, 6.45) is 0. The maximum atomic E-state index is 5.73. The monoisotopic (exact) mass is 341 g/mol. The number of methoxy groups -OCH3 is 1. The largest absolute Gasteiger partial charge is 0.497 e. The molecule has 0 saturated heterocycles. The van der Waals surface area contributed by atoms with Crippen molar-refractivity contribution < 1.29 is 9.47 Å². The molecule has 0 spiro atoms. The van der Waals surface area contributed by atoms with E-state index in [1.54, 1.807) is 18.9 Å². The van der Waals surface area contributed by atoms with E-state index in [1.165, 1.54) is 5.56 Å². The van der Waals surface area contributed by atoms with E-state index in [4.69, 9.17) is 9.47 Å². The molecule has 0 aliphatic rings. The molecule has 6 heteroatoms. The van der Waals surface area contributed by atoms with Gasteiger partial charge in [0, 0.05) is 12.8 Å². The van der Waals surface area contributed by atoms with Crippen molar-refractivity contribution in [3.05, 3.63) is 66.0 Å². The summed E-state index contributed by atoms with van der Waals surface area (Å²) in [5.41, 5.74) is 1.18. The van der Waals surface area contributed by atoms with E-state index in [2.05, 4.69) is 16.3 Å². The van der Waals surface area contributed by atoms with Crippen LogP contribution in [0.4, 0.5) is 0 Å². The molecule has 0 atom stereocenters. The van der Waals surface area contributed by atoms with E-state index in [0.29, 0.717) is 6.61 Å². The summed E-state index contributed by atoms with van der Waals surface area (Å²) in [5.74, 6) is 3.30. The third kappa shape index (κ3) is 4.08. The van der Waals surface area contributed by atoms with Gasteiger partial charge in [0.25, 0.3) is 0 Å². The average Bonchev–Trinajstić information content (AvgIpc) is 2.99. The highest BCUT2D eigenvalue weighted by molar-refractivity contribution is 7.98. The molecule has 1 heterocycles. The van der Waals surface area contributed by atoms with Crippen molar-refractivity contribution in [1.82, 2.24) is 14.8 Å². The second-order valence-corrected chi connectivity index (χ2v) is 6.14. The van der Waals surface area contributed by atoms with Crippen molar-refractivity contribution in [2.24, 2.45) is 7.05 Å². The average molecular weight is 341 g/mol. The summed E-state index contributed by atoms with van der Waals surface area (Å²) in [6, 6.07) is 17.7. The minimum Gasteiger partial charge on any atom is -0.497 e. The Bertz CT molecular complexity index is 790. The molecule has 1 aromatic heterocycles. The molecule has 124 valence electrons. The van der Waals surface area contributed by atoms with Gasteiger partial charge in [-0.15, -0.1) is 10.2 Å². The number of ether oxygens (including phenoxy) is 2. The molecule has 3 rings (SSSR count). The van der Waals surface area contributed by atoms with Crippen molar-refractivity contribution in [2.45, 2.75) is 17.5 Å². The molecular weight excluding hydrogens is 322 g/mol. The number of aromatic nitrogens is 3. The van der Waals surface area contributed by atoms with E-state index >= 15 is 0 Å². The van der Waals surface area contributed by atoms with Crippen LogP contribution in [0, 0.1) is 0 Å². The molecule has 24 heavy (non-hydrogen) atoms. The second-order valence-electron chi connectivity index (χ2n) is 5.20. The van der Waals surface area contributed by atoms with Gasteiger partial charge in [-0.05, 0) is 29.8 Å². The lowest BCUT2D eigenvalue weighted by atomic mass is 10.2. The lowest BCUT2D eigenvalue weighted by molar-refractivity contribution is 0.290. The van der Waals surface area contributed by atoms with Crippen molar-refractivity contribution in [3.63, 3.8) is 0 Å². The zero-order valence-corrected chi connectivity index (χ0v) is 14.5. The Labute approximate surface area is 145 Å². The quantitative estimate of drug-likeness (QED) is 0.613. The Balaban J connectivity index is 1.60. The van der Waals surface area contributed by atoms with Gasteiger partial charge >= 0.3 is 0 Å². The van der Waals surface area contributed by atoms with Crippen LogP contribution < -0.4 is 9.47 Å². The van der Waals surface area contributed by atoms with Gasteiger partial charge in [0.05, 0.1) is 7.11 Å². The Morgan fingerprint density at radius 3 is 2.58 bits per heavy atom. The summed E-state index contributed by atoms with van der Waals surface area (Å²) in [5, 5.41) is 9.33. The van der Waals surface area contributed by atoms with Crippen LogP contribution in [-0.4, -0.2) is 21.9 Å². The highest BCUT2D eigenvalue weighted by Gasteiger charge is 2.10. The van der Waals surface area contributed by atoms with Gasteiger partial charge < -0.3 is 14.0 Å². The number of hydrogen-bond acceptors (Lipinski definition) is 5. The van der Waals surface area contributed by atoms with Gasteiger partial charge in [0.1, 0.15) is 18.1 Å². The Hall–Kier alpha value is -2.47. The lowest BCUT2D eigenvalue weighted by Gasteiger charge is -2.07. The van der Waals surface area contributed by atoms with Crippen molar-refractivity contribution in [1.29, 1.82) is 0 Å². The van der Waals surface area contributed by atoms with Gasteiger partial charge in [-0.2, -0.15) is 0 Å².